The number of alkyl carbamates (subject to hydrolysis) is 1. The van der Waals surface area contributed by atoms with E-state index in [9.17, 15) is 47.9 Å². The topological polar surface area (TPSA) is 304 Å². The van der Waals surface area contributed by atoms with E-state index < -0.39 is 124 Å². The Kier molecular flexibility index (Phi) is 29.5. The Hall–Kier alpha value is -6.39. The molecule has 22 nitrogen and oxygen atoms in total. The second-order valence-corrected chi connectivity index (χ2v) is 23.9. The molecule has 25 heteroatoms. The highest BCUT2D eigenvalue weighted by Crippen LogP contribution is 2.26. The first-order chi connectivity index (χ1) is 36.8. The molecule has 6 atom stereocenters. The first-order valence-corrected chi connectivity index (χ1v) is 27.2. The zero-order valence-corrected chi connectivity index (χ0v) is 49.0. The van der Waals surface area contributed by atoms with Crippen molar-refractivity contribution < 1.29 is 66.9 Å². The lowest BCUT2D eigenvalue weighted by Crippen LogP contribution is -2.61. The molecule has 0 unspecified atom stereocenters. The number of alkyl halides is 3. The Morgan fingerprint density at radius 1 is 0.468 bits per heavy atom. The van der Waals surface area contributed by atoms with Gasteiger partial charge in [0.25, 0.3) is 5.91 Å². The second kappa shape index (κ2) is 33.9. The number of hydrazine groups is 1. The molecule has 0 saturated heterocycles. The normalized spacial score (nSPS) is 13.8. The molecule has 0 aliphatic carbocycles. The van der Waals surface area contributed by atoms with Crippen molar-refractivity contribution in [2.24, 2.45) is 23.7 Å². The average Bonchev–Trinajstić information content (AvgIpc) is 3.34. The van der Waals surface area contributed by atoms with Gasteiger partial charge in [-0.05, 0) is 81.3 Å². The third-order valence-electron chi connectivity index (χ3n) is 11.1. The van der Waals surface area contributed by atoms with Gasteiger partial charge >= 0.3 is 24.1 Å². The molecule has 0 heterocycles. The highest BCUT2D eigenvalue weighted by Gasteiger charge is 2.36. The van der Waals surface area contributed by atoms with Gasteiger partial charge in [-0.3, -0.25) is 43.8 Å². The average molecular weight is 1170 g/mol. The summed E-state index contributed by atoms with van der Waals surface area (Å²) in [5.41, 5.74) is 4.54. The van der Waals surface area contributed by atoms with Crippen LogP contribution in [-0.4, -0.2) is 112 Å². The zero-order valence-electron chi connectivity index (χ0n) is 46.8. The number of carbonyl (C=O) groups excluding carboxylic acids is 10. The Bertz CT molecular complexity index is 2330. The summed E-state index contributed by atoms with van der Waals surface area (Å²) in [5.74, 6) is -8.09. The lowest BCUT2D eigenvalue weighted by atomic mass is 9.98. The van der Waals surface area contributed by atoms with Gasteiger partial charge in [-0.15, -0.1) is 0 Å². The SMILES string of the molecule is CC(C)C[C@H](NC(=O)[C@H](CCC(=O)OCc1ccccc1)NC(=O)OC(C)(C)C)C(=O)N[C@H](CC(C)C)C(=O)N[C@H](C(=O)N[C@@H](CC(=O)OCc1ccccc1)C(=O)N[C@H](CC(C)C)C(=O)NNC(=O)OCC(Cl)(Cl)Cl)C(C)C. The number of ether oxygens (including phenoxy) is 4. The van der Waals surface area contributed by atoms with Gasteiger partial charge in [-0.1, -0.05) is 151 Å². The summed E-state index contributed by atoms with van der Waals surface area (Å²) in [6.45, 7) is 18.0. The van der Waals surface area contributed by atoms with Crippen molar-refractivity contribution in [1.29, 1.82) is 0 Å². The predicted octanol–water partition coefficient (Wildman–Crippen LogP) is 5.88. The summed E-state index contributed by atoms with van der Waals surface area (Å²) >= 11 is 16.9. The van der Waals surface area contributed by atoms with Crippen LogP contribution in [-0.2, 0) is 70.5 Å². The van der Waals surface area contributed by atoms with Gasteiger partial charge < -0.3 is 50.8 Å². The molecule has 2 aromatic rings. The summed E-state index contributed by atoms with van der Waals surface area (Å²) < 4.78 is 19.0. The van der Waals surface area contributed by atoms with Crippen LogP contribution in [0.5, 0.6) is 0 Å². The van der Waals surface area contributed by atoms with Crippen LogP contribution in [0, 0.1) is 23.7 Å². The van der Waals surface area contributed by atoms with E-state index in [0.717, 1.165) is 5.56 Å². The van der Waals surface area contributed by atoms with E-state index in [1.54, 1.807) is 131 Å². The van der Waals surface area contributed by atoms with Crippen LogP contribution in [0.25, 0.3) is 0 Å². The molecule has 0 radical (unpaired) electrons. The third-order valence-corrected chi connectivity index (χ3v) is 11.4. The smallest absolute Gasteiger partial charge is 0.426 e. The van der Waals surface area contributed by atoms with Crippen molar-refractivity contribution in [3.05, 3.63) is 71.8 Å². The Balaban J connectivity index is 2.40. The first kappa shape index (κ1) is 68.7. The quantitative estimate of drug-likeness (QED) is 0.0204. The summed E-state index contributed by atoms with van der Waals surface area (Å²) in [7, 11) is 0. The van der Waals surface area contributed by atoms with Crippen LogP contribution in [0.15, 0.2) is 60.7 Å². The molecule has 0 aliphatic heterocycles. The molecule has 0 spiro atoms. The third kappa shape index (κ3) is 29.4. The van der Waals surface area contributed by atoms with Crippen LogP contribution < -0.4 is 42.8 Å². The number of nitrogens with one attached hydrogen (secondary N) is 8. The summed E-state index contributed by atoms with van der Waals surface area (Å²) in [6, 6.07) is 9.22. The number of hydrogen-bond acceptors (Lipinski definition) is 14. The first-order valence-electron chi connectivity index (χ1n) is 26.0. The van der Waals surface area contributed by atoms with Gasteiger partial charge in [-0.25, -0.2) is 15.0 Å². The largest absolute Gasteiger partial charge is 0.461 e. The Morgan fingerprint density at radius 2 is 0.886 bits per heavy atom. The molecule has 0 fully saturated rings. The minimum Gasteiger partial charge on any atom is -0.461 e. The van der Waals surface area contributed by atoms with E-state index in [4.69, 9.17) is 53.8 Å². The zero-order chi connectivity index (χ0) is 59.6. The summed E-state index contributed by atoms with van der Waals surface area (Å²) in [4.78, 5) is 136. The maximum absolute atomic E-state index is 14.3. The molecule has 0 aromatic heterocycles. The van der Waals surface area contributed by atoms with Gasteiger partial charge in [0.2, 0.25) is 33.3 Å². The van der Waals surface area contributed by atoms with Crippen LogP contribution >= 0.6 is 34.8 Å². The van der Waals surface area contributed by atoms with Gasteiger partial charge in [0.15, 0.2) is 0 Å². The predicted molar refractivity (Wildman–Crippen MR) is 295 cm³/mol. The number of halogens is 3. The molecular weight excluding hydrogens is 1090 g/mol. The molecule has 440 valence electrons. The summed E-state index contributed by atoms with van der Waals surface area (Å²) in [5, 5.41) is 15.7. The monoisotopic (exact) mass is 1170 g/mol. The van der Waals surface area contributed by atoms with Crippen molar-refractivity contribution in [3.63, 3.8) is 0 Å². The summed E-state index contributed by atoms with van der Waals surface area (Å²) in [6.07, 6.45) is -3.26. The maximum Gasteiger partial charge on any atom is 0.426 e. The second-order valence-electron chi connectivity index (χ2n) is 21.4. The Labute approximate surface area is 477 Å². The Morgan fingerprint density at radius 3 is 1.33 bits per heavy atom. The van der Waals surface area contributed by atoms with Crippen molar-refractivity contribution in [2.75, 3.05) is 6.61 Å². The van der Waals surface area contributed by atoms with E-state index >= 15 is 0 Å². The van der Waals surface area contributed by atoms with Gasteiger partial charge in [-0.2, -0.15) is 0 Å². The fourth-order valence-electron chi connectivity index (χ4n) is 7.32. The van der Waals surface area contributed by atoms with Gasteiger partial charge in [0.1, 0.15) is 61.7 Å². The minimum atomic E-state index is -1.94. The van der Waals surface area contributed by atoms with E-state index in [1.165, 1.54) is 0 Å². The fourth-order valence-corrected chi connectivity index (χ4v) is 7.49. The molecule has 79 heavy (non-hydrogen) atoms. The number of rotatable bonds is 29. The van der Waals surface area contributed by atoms with Gasteiger partial charge in [0, 0.05) is 6.42 Å². The van der Waals surface area contributed by atoms with E-state index in [2.05, 4.69) is 37.3 Å². The van der Waals surface area contributed by atoms with Crippen LogP contribution in [0.2, 0.25) is 0 Å². The van der Waals surface area contributed by atoms with Crippen molar-refractivity contribution in [2.45, 2.75) is 174 Å². The van der Waals surface area contributed by atoms with E-state index in [0.29, 0.717) is 5.56 Å². The fraction of sp³-hybridized carbons (Fsp3) is 0.593. The molecule has 8 amide bonds. The number of benzene rings is 2. The molecule has 8 N–H and O–H groups in total. The van der Waals surface area contributed by atoms with Crippen molar-refractivity contribution in [3.8, 4) is 0 Å². The lowest BCUT2D eigenvalue weighted by molar-refractivity contribution is -0.148. The van der Waals surface area contributed by atoms with Gasteiger partial charge in [0.05, 0.1) is 6.42 Å². The molecule has 2 aromatic carbocycles. The van der Waals surface area contributed by atoms with Crippen molar-refractivity contribution >= 4 is 94.4 Å². The molecular formula is C54H79Cl3N8O14. The van der Waals surface area contributed by atoms with Crippen molar-refractivity contribution in [1.82, 2.24) is 42.8 Å². The van der Waals surface area contributed by atoms with Crippen LogP contribution in [0.4, 0.5) is 9.59 Å². The molecule has 0 aliphatic rings. The maximum atomic E-state index is 14.3. The minimum absolute atomic E-state index is 0.00643. The van der Waals surface area contributed by atoms with E-state index in [-0.39, 0.29) is 63.1 Å². The molecule has 2 rings (SSSR count). The number of amides is 8. The van der Waals surface area contributed by atoms with E-state index in [1.807, 2.05) is 11.5 Å². The number of hydrogen-bond donors (Lipinski definition) is 8. The molecule has 0 bridgehead atoms. The number of carbonyl (C=O) groups is 10. The van der Waals surface area contributed by atoms with Crippen LogP contribution in [0.3, 0.4) is 0 Å². The highest BCUT2D eigenvalue weighted by molar-refractivity contribution is 6.67. The molecule has 0 saturated carbocycles. The standard InChI is InChI=1S/C54H79Cl3N8O14/c1-31(2)24-38(58-45(68)37(62-51(74)79-53(9,10)11)22-23-42(66)76-28-35-18-14-12-15-19-35)46(69)59-39(25-32(3)4)48(71)63-44(34(7)8)50(73)61-41(27-43(67)77-29-36-20-16-13-17-21-36)47(70)60-40(26-33(5)6)49(72)64-65-52(75)78-30-54(55,56)57/h12-21,31-34,37-41,44H,22-30H2,1-11H3,(H,58,68)(H,59,69)(H,60,70)(H,61,73)(H,62,74)(H,63,71)(H,64,72)(H,65,75)/t37-,38-,39+,40+,41-,44-/m0/s1. The highest BCUT2D eigenvalue weighted by atomic mass is 35.6. The lowest BCUT2D eigenvalue weighted by Gasteiger charge is -2.29. The number of esters is 2. The van der Waals surface area contributed by atoms with Crippen LogP contribution in [0.1, 0.15) is 126 Å².